The normalized spacial score (nSPS) is 10.9. The first-order chi connectivity index (χ1) is 14.0. The molecule has 0 atom stereocenters. The van der Waals surface area contributed by atoms with Gasteiger partial charge in [0.1, 0.15) is 23.0 Å². The van der Waals surface area contributed by atoms with Crippen molar-refractivity contribution in [3.05, 3.63) is 95.8 Å². The van der Waals surface area contributed by atoms with Gasteiger partial charge in [0, 0.05) is 18.3 Å². The van der Waals surface area contributed by atoms with Crippen molar-refractivity contribution in [2.45, 2.75) is 13.5 Å². The number of nitrogens with one attached hydrogen (secondary N) is 1. The number of anilines is 1. The third kappa shape index (κ3) is 3.82. The van der Waals surface area contributed by atoms with Crippen LogP contribution in [-0.4, -0.2) is 20.0 Å². The van der Waals surface area contributed by atoms with Gasteiger partial charge in [-0.25, -0.2) is 9.37 Å². The molecule has 1 N–H and O–H groups in total. The van der Waals surface area contributed by atoms with Crippen LogP contribution in [0.3, 0.4) is 0 Å². The van der Waals surface area contributed by atoms with Gasteiger partial charge in [-0.05, 0) is 48.9 Å². The fraction of sp³-hybridized carbons (Fsp3) is 0.130. The molecular weight excluding hydrogens is 367 g/mol. The minimum atomic E-state index is -0.317. The number of hydrogen-bond acceptors (Lipinski definition) is 2. The highest BCUT2D eigenvalue weighted by atomic mass is 19.1. The van der Waals surface area contributed by atoms with Gasteiger partial charge >= 0.3 is 0 Å². The quantitative estimate of drug-likeness (QED) is 0.542. The summed E-state index contributed by atoms with van der Waals surface area (Å²) in [7, 11) is 1.85. The van der Waals surface area contributed by atoms with Crippen LogP contribution < -0.4 is 5.32 Å². The number of rotatable bonds is 5. The smallest absolute Gasteiger partial charge is 0.273 e. The minimum absolute atomic E-state index is 0.223. The Morgan fingerprint density at radius 2 is 1.76 bits per heavy atom. The highest BCUT2D eigenvalue weighted by molar-refractivity contribution is 6.04. The number of aryl methyl sites for hydroxylation is 1. The lowest BCUT2D eigenvalue weighted by molar-refractivity contribution is 0.101. The molecule has 0 aliphatic carbocycles. The topological polar surface area (TPSA) is 51.9 Å². The van der Waals surface area contributed by atoms with E-state index in [4.69, 9.17) is 0 Å². The fourth-order valence-corrected chi connectivity index (χ4v) is 3.25. The summed E-state index contributed by atoms with van der Waals surface area (Å²) >= 11 is 0. The maximum atomic E-state index is 13.4. The van der Waals surface area contributed by atoms with Crippen molar-refractivity contribution in [2.75, 3.05) is 5.32 Å². The van der Waals surface area contributed by atoms with Crippen LogP contribution in [0.2, 0.25) is 0 Å². The zero-order chi connectivity index (χ0) is 20.4. The molecule has 29 heavy (non-hydrogen) atoms. The second-order valence-corrected chi connectivity index (χ2v) is 6.94. The predicted molar refractivity (Wildman–Crippen MR) is 111 cm³/mol. The fourth-order valence-electron chi connectivity index (χ4n) is 3.25. The molecule has 0 fully saturated rings. The van der Waals surface area contributed by atoms with Gasteiger partial charge in [-0.3, -0.25) is 4.79 Å². The van der Waals surface area contributed by atoms with Gasteiger partial charge < -0.3 is 14.5 Å². The molecule has 2 heterocycles. The van der Waals surface area contributed by atoms with Crippen LogP contribution in [0.1, 0.15) is 21.7 Å². The van der Waals surface area contributed by atoms with Crippen molar-refractivity contribution >= 4 is 11.7 Å². The number of imidazole rings is 1. The van der Waals surface area contributed by atoms with Crippen molar-refractivity contribution in [3.8, 4) is 11.3 Å². The average molecular weight is 388 g/mol. The van der Waals surface area contributed by atoms with Gasteiger partial charge in [-0.2, -0.15) is 0 Å². The number of amides is 1. The lowest BCUT2D eigenvalue weighted by Crippen LogP contribution is -2.19. The first kappa shape index (κ1) is 18.7. The zero-order valence-electron chi connectivity index (χ0n) is 16.3. The van der Waals surface area contributed by atoms with Crippen LogP contribution in [0.15, 0.2) is 73.1 Å². The van der Waals surface area contributed by atoms with E-state index in [9.17, 15) is 9.18 Å². The molecule has 0 spiro atoms. The Morgan fingerprint density at radius 3 is 2.41 bits per heavy atom. The highest BCUT2D eigenvalue weighted by Crippen LogP contribution is 2.28. The average Bonchev–Trinajstić information content (AvgIpc) is 3.27. The number of carbonyl (C=O) groups is 1. The molecule has 0 aliphatic heterocycles. The van der Waals surface area contributed by atoms with E-state index in [1.807, 2.05) is 59.5 Å². The Bertz CT molecular complexity index is 1140. The van der Waals surface area contributed by atoms with Crippen LogP contribution in [0, 0.1) is 12.7 Å². The Kier molecular flexibility index (Phi) is 4.99. The standard InChI is InChI=1S/C23H21FN4O/c1-16-8-13-20(27(16)2)23(29)26-22-21(18-9-11-19(24)12-10-18)25-15-28(22)14-17-6-4-3-5-7-17/h3-13,15H,14H2,1-2H3,(H,26,29). The molecule has 6 heteroatoms. The number of carbonyl (C=O) groups excluding carboxylic acids is 1. The SMILES string of the molecule is Cc1ccc(C(=O)Nc2c(-c3ccc(F)cc3)ncn2Cc2ccccc2)n1C. The first-order valence-electron chi connectivity index (χ1n) is 9.31. The van der Waals surface area contributed by atoms with Crippen molar-refractivity contribution in [1.82, 2.24) is 14.1 Å². The van der Waals surface area contributed by atoms with Gasteiger partial charge in [-0.1, -0.05) is 30.3 Å². The summed E-state index contributed by atoms with van der Waals surface area (Å²) < 4.78 is 17.1. The van der Waals surface area contributed by atoms with Crippen LogP contribution in [-0.2, 0) is 13.6 Å². The molecule has 0 saturated carbocycles. The molecule has 4 rings (SSSR count). The van der Waals surface area contributed by atoms with E-state index in [1.165, 1.54) is 12.1 Å². The molecule has 2 aromatic carbocycles. The second kappa shape index (κ2) is 7.75. The van der Waals surface area contributed by atoms with E-state index in [-0.39, 0.29) is 11.7 Å². The summed E-state index contributed by atoms with van der Waals surface area (Å²) in [6, 6.07) is 19.7. The van der Waals surface area contributed by atoms with Gasteiger partial charge in [0.15, 0.2) is 0 Å². The Balaban J connectivity index is 1.73. The highest BCUT2D eigenvalue weighted by Gasteiger charge is 2.19. The van der Waals surface area contributed by atoms with E-state index in [0.717, 1.165) is 16.8 Å². The van der Waals surface area contributed by atoms with Gasteiger partial charge in [0.2, 0.25) is 0 Å². The Morgan fingerprint density at radius 1 is 1.03 bits per heavy atom. The number of nitrogens with zero attached hydrogens (tertiary/aromatic N) is 3. The number of hydrogen-bond donors (Lipinski definition) is 1. The summed E-state index contributed by atoms with van der Waals surface area (Å²) in [5, 5.41) is 3.01. The first-order valence-corrected chi connectivity index (χ1v) is 9.31. The van der Waals surface area contributed by atoms with Crippen molar-refractivity contribution in [3.63, 3.8) is 0 Å². The third-order valence-corrected chi connectivity index (χ3v) is 4.99. The van der Waals surface area contributed by atoms with Crippen LogP contribution in [0.4, 0.5) is 10.2 Å². The number of aromatic nitrogens is 3. The Labute approximate surface area is 168 Å². The molecule has 2 aromatic heterocycles. The molecule has 0 aliphatic rings. The maximum absolute atomic E-state index is 13.4. The monoisotopic (exact) mass is 388 g/mol. The number of benzene rings is 2. The lowest BCUT2D eigenvalue weighted by atomic mass is 10.1. The van der Waals surface area contributed by atoms with Crippen molar-refractivity contribution in [2.24, 2.45) is 7.05 Å². The number of halogens is 1. The van der Waals surface area contributed by atoms with E-state index in [1.54, 1.807) is 24.5 Å². The van der Waals surface area contributed by atoms with E-state index in [2.05, 4.69) is 10.3 Å². The molecule has 0 unspecified atom stereocenters. The molecule has 0 bridgehead atoms. The van der Waals surface area contributed by atoms with E-state index >= 15 is 0 Å². The molecule has 0 saturated heterocycles. The van der Waals surface area contributed by atoms with E-state index < -0.39 is 0 Å². The van der Waals surface area contributed by atoms with Crippen LogP contribution >= 0.6 is 0 Å². The largest absolute Gasteiger partial charge is 0.344 e. The molecule has 5 nitrogen and oxygen atoms in total. The van der Waals surface area contributed by atoms with Crippen LogP contribution in [0.5, 0.6) is 0 Å². The maximum Gasteiger partial charge on any atom is 0.273 e. The zero-order valence-corrected chi connectivity index (χ0v) is 16.3. The van der Waals surface area contributed by atoms with Gasteiger partial charge in [-0.15, -0.1) is 0 Å². The summed E-state index contributed by atoms with van der Waals surface area (Å²) in [6.45, 7) is 2.50. The predicted octanol–water partition coefficient (Wildman–Crippen LogP) is 4.64. The molecule has 0 radical (unpaired) electrons. The third-order valence-electron chi connectivity index (χ3n) is 4.99. The molecular formula is C23H21FN4O. The molecule has 1 amide bonds. The summed E-state index contributed by atoms with van der Waals surface area (Å²) in [5.41, 5.74) is 3.96. The van der Waals surface area contributed by atoms with Gasteiger partial charge in [0.05, 0.1) is 12.9 Å². The van der Waals surface area contributed by atoms with Crippen LogP contribution in [0.25, 0.3) is 11.3 Å². The summed E-state index contributed by atoms with van der Waals surface area (Å²) in [6.07, 6.45) is 1.69. The molecule has 4 aromatic rings. The second-order valence-electron chi connectivity index (χ2n) is 6.94. The lowest BCUT2D eigenvalue weighted by Gasteiger charge is -2.13. The minimum Gasteiger partial charge on any atom is -0.344 e. The molecule has 146 valence electrons. The van der Waals surface area contributed by atoms with Crippen molar-refractivity contribution in [1.29, 1.82) is 0 Å². The Hall–Kier alpha value is -3.67. The summed E-state index contributed by atoms with van der Waals surface area (Å²) in [4.78, 5) is 17.5. The van der Waals surface area contributed by atoms with Crippen molar-refractivity contribution < 1.29 is 9.18 Å². The van der Waals surface area contributed by atoms with E-state index in [0.29, 0.717) is 23.8 Å². The van der Waals surface area contributed by atoms with Gasteiger partial charge in [0.25, 0.3) is 5.91 Å². The summed E-state index contributed by atoms with van der Waals surface area (Å²) in [5.74, 6) is 0.0328.